The van der Waals surface area contributed by atoms with E-state index >= 15 is 0 Å². The largest absolute Gasteiger partial charge is 0.368 e. The molecule has 3 aliphatic rings. The van der Waals surface area contributed by atoms with Crippen molar-refractivity contribution >= 4 is 11.6 Å². The molecule has 3 aromatic rings. The number of H-pyrrole nitrogens is 1. The third kappa shape index (κ3) is 5.10. The van der Waals surface area contributed by atoms with Crippen molar-refractivity contribution in [3.05, 3.63) is 81.7 Å². The zero-order valence-corrected chi connectivity index (χ0v) is 22.5. The predicted molar refractivity (Wildman–Crippen MR) is 149 cm³/mol. The van der Waals surface area contributed by atoms with Gasteiger partial charge in [-0.15, -0.1) is 0 Å². The maximum Gasteiger partial charge on any atom is 0.272 e. The van der Waals surface area contributed by atoms with Gasteiger partial charge >= 0.3 is 0 Å². The second kappa shape index (κ2) is 10.5. The highest BCUT2D eigenvalue weighted by Crippen LogP contribution is 2.43. The molecule has 206 valence electrons. The van der Waals surface area contributed by atoms with Crippen LogP contribution in [0.15, 0.2) is 53.5 Å². The number of carbonyl (C=O) groups is 1. The van der Waals surface area contributed by atoms with E-state index in [1.807, 2.05) is 19.2 Å². The number of benzene rings is 1. The summed E-state index contributed by atoms with van der Waals surface area (Å²) in [7, 11) is 2.04. The molecule has 2 N–H and O–H groups in total. The van der Waals surface area contributed by atoms with Gasteiger partial charge in [0.05, 0.1) is 28.6 Å². The summed E-state index contributed by atoms with van der Waals surface area (Å²) in [5.74, 6) is -0.622. The lowest BCUT2D eigenvalue weighted by Gasteiger charge is -2.50. The minimum Gasteiger partial charge on any atom is -0.368 e. The van der Waals surface area contributed by atoms with Crippen LogP contribution in [-0.2, 0) is 6.54 Å². The lowest BCUT2D eigenvalue weighted by Crippen LogP contribution is -2.58. The third-order valence-electron chi connectivity index (χ3n) is 8.41. The van der Waals surface area contributed by atoms with Crippen LogP contribution in [0.3, 0.4) is 0 Å². The maximum absolute atomic E-state index is 13.6. The quantitative estimate of drug-likeness (QED) is 0.494. The summed E-state index contributed by atoms with van der Waals surface area (Å²) in [6.07, 6.45) is 3.47. The van der Waals surface area contributed by atoms with Crippen LogP contribution in [0.25, 0.3) is 11.3 Å². The van der Waals surface area contributed by atoms with Gasteiger partial charge in [-0.05, 0) is 74.9 Å². The highest BCUT2D eigenvalue weighted by molar-refractivity contribution is 5.99. The summed E-state index contributed by atoms with van der Waals surface area (Å²) in [4.78, 5) is 40.1. The van der Waals surface area contributed by atoms with E-state index in [2.05, 4.69) is 31.1 Å². The molecule has 1 unspecified atom stereocenters. The molecule has 9 nitrogen and oxygen atoms in total. The number of likely N-dealkylation sites (N-methyl/N-ethyl adjacent to an activating group) is 1. The summed E-state index contributed by atoms with van der Waals surface area (Å²) >= 11 is 0. The summed E-state index contributed by atoms with van der Waals surface area (Å²) in [5.41, 5.74) is 3.06. The normalized spacial score (nSPS) is 20.4. The number of anilines is 1. The first-order chi connectivity index (χ1) is 19.3. The van der Waals surface area contributed by atoms with Gasteiger partial charge in [-0.2, -0.15) is 5.26 Å². The van der Waals surface area contributed by atoms with Crippen LogP contribution in [0.4, 0.5) is 10.1 Å². The first-order valence-corrected chi connectivity index (χ1v) is 13.7. The van der Waals surface area contributed by atoms with E-state index in [4.69, 9.17) is 4.98 Å². The Hall–Kier alpha value is -4.07. The summed E-state index contributed by atoms with van der Waals surface area (Å²) in [5, 5.41) is 12.6. The van der Waals surface area contributed by atoms with Crippen LogP contribution in [0.2, 0.25) is 0 Å². The zero-order chi connectivity index (χ0) is 27.9. The van der Waals surface area contributed by atoms with Crippen LogP contribution in [-0.4, -0.2) is 78.0 Å². The van der Waals surface area contributed by atoms with Gasteiger partial charge in [-0.3, -0.25) is 14.5 Å². The first kappa shape index (κ1) is 26.2. The molecule has 5 heterocycles. The lowest BCUT2D eigenvalue weighted by atomic mass is 9.78. The van der Waals surface area contributed by atoms with Crippen molar-refractivity contribution in [2.24, 2.45) is 5.41 Å². The van der Waals surface area contributed by atoms with Crippen molar-refractivity contribution in [2.45, 2.75) is 25.4 Å². The molecular weight excluding hydrogens is 509 g/mol. The third-order valence-corrected chi connectivity index (χ3v) is 8.41. The van der Waals surface area contributed by atoms with Crippen molar-refractivity contribution in [2.75, 3.05) is 51.2 Å². The molecular formula is C30H32FN7O2. The summed E-state index contributed by atoms with van der Waals surface area (Å²) in [6, 6.07) is 13.7. The second-order valence-corrected chi connectivity index (χ2v) is 11.4. The summed E-state index contributed by atoms with van der Waals surface area (Å²) in [6.45, 7) is 5.68. The fourth-order valence-corrected chi connectivity index (χ4v) is 6.34. The minimum atomic E-state index is -0.399. The van der Waals surface area contributed by atoms with E-state index < -0.39 is 5.82 Å². The number of pyridine rings is 2. The number of rotatable bonds is 6. The minimum absolute atomic E-state index is 0.0619. The molecule has 0 saturated carbocycles. The van der Waals surface area contributed by atoms with Crippen LogP contribution < -0.4 is 15.8 Å². The number of halogens is 1. The SMILES string of the molecule is CN1CCC(NC(=O)c2nc(-c3ccc[nH]c3=O)ccc2N2CC3(CCN(Cc4ccc(F)cc4C#N)C3)C2)C1. The van der Waals surface area contributed by atoms with Gasteiger partial charge < -0.3 is 20.1 Å². The molecule has 0 bridgehead atoms. The predicted octanol–water partition coefficient (Wildman–Crippen LogP) is 2.59. The van der Waals surface area contributed by atoms with Crippen molar-refractivity contribution in [3.63, 3.8) is 0 Å². The average Bonchev–Trinajstić information content (AvgIpc) is 3.55. The Balaban J connectivity index is 1.20. The smallest absolute Gasteiger partial charge is 0.272 e. The number of aromatic amines is 1. The second-order valence-electron chi connectivity index (χ2n) is 11.4. The monoisotopic (exact) mass is 541 g/mol. The highest BCUT2D eigenvalue weighted by Gasteiger charge is 2.48. The number of likely N-dealkylation sites (tertiary alicyclic amines) is 2. The molecule has 0 radical (unpaired) electrons. The standard InChI is InChI=1S/C30H32FN7O2/c1-36-11-8-23(16-36)34-29(40)27-26(7-6-25(35-27)24-3-2-10-33-28(24)39)38-18-30(19-38)9-12-37(17-30)15-20-4-5-22(31)13-21(20)14-32/h2-7,10,13,23H,8-9,11-12,15-19H2,1H3,(H,33,39)(H,34,40). The van der Waals surface area contributed by atoms with Crippen LogP contribution in [0.5, 0.6) is 0 Å². The van der Waals surface area contributed by atoms with E-state index in [1.165, 1.54) is 12.1 Å². The molecule has 3 saturated heterocycles. The van der Waals surface area contributed by atoms with Crippen LogP contribution in [0, 0.1) is 22.6 Å². The van der Waals surface area contributed by atoms with Gasteiger partial charge in [-0.25, -0.2) is 9.37 Å². The molecule has 1 amide bonds. The molecule has 3 aliphatic heterocycles. The maximum atomic E-state index is 13.6. The van der Waals surface area contributed by atoms with Gasteiger partial charge in [0.15, 0.2) is 5.69 Å². The molecule has 6 rings (SSSR count). The molecule has 3 fully saturated rings. The summed E-state index contributed by atoms with van der Waals surface area (Å²) < 4.78 is 13.6. The number of nitriles is 1. The van der Waals surface area contributed by atoms with Crippen LogP contribution in [0.1, 0.15) is 34.5 Å². The molecule has 10 heteroatoms. The van der Waals surface area contributed by atoms with Crippen molar-refractivity contribution in [1.82, 2.24) is 25.1 Å². The van der Waals surface area contributed by atoms with Crippen molar-refractivity contribution < 1.29 is 9.18 Å². The van der Waals surface area contributed by atoms with Gasteiger partial charge in [0.25, 0.3) is 11.5 Å². The molecule has 2 aromatic heterocycles. The zero-order valence-electron chi connectivity index (χ0n) is 22.5. The number of aromatic nitrogens is 2. The molecule has 1 atom stereocenters. The fraction of sp³-hybridized carbons (Fsp3) is 0.400. The lowest BCUT2D eigenvalue weighted by molar-refractivity contribution is 0.0933. The van der Waals surface area contributed by atoms with E-state index in [-0.39, 0.29) is 22.9 Å². The number of amides is 1. The van der Waals surface area contributed by atoms with Gasteiger partial charge in [0.2, 0.25) is 0 Å². The van der Waals surface area contributed by atoms with E-state index in [1.54, 1.807) is 24.4 Å². The Bertz CT molecular complexity index is 1540. The number of nitrogens with one attached hydrogen (secondary N) is 2. The van der Waals surface area contributed by atoms with Gasteiger partial charge in [-0.1, -0.05) is 6.07 Å². The first-order valence-electron chi connectivity index (χ1n) is 13.7. The molecule has 40 heavy (non-hydrogen) atoms. The molecule has 1 aromatic carbocycles. The Morgan fingerprint density at radius 3 is 2.83 bits per heavy atom. The fourth-order valence-electron chi connectivity index (χ4n) is 6.34. The Labute approximate surface area is 232 Å². The number of nitrogens with zero attached hydrogens (tertiary/aromatic N) is 5. The van der Waals surface area contributed by atoms with Gasteiger partial charge in [0.1, 0.15) is 5.82 Å². The highest BCUT2D eigenvalue weighted by atomic mass is 19.1. The number of carbonyl (C=O) groups excluding carboxylic acids is 1. The van der Waals surface area contributed by atoms with Crippen molar-refractivity contribution in [3.8, 4) is 17.3 Å². The average molecular weight is 542 g/mol. The number of hydrogen-bond acceptors (Lipinski definition) is 7. The van der Waals surface area contributed by atoms with E-state index in [0.29, 0.717) is 29.1 Å². The Kier molecular flexibility index (Phi) is 6.86. The molecule has 0 aliphatic carbocycles. The van der Waals surface area contributed by atoms with E-state index in [0.717, 1.165) is 63.4 Å². The topological polar surface area (TPSA) is 108 Å². The number of hydrogen-bond donors (Lipinski definition) is 2. The molecule has 1 spiro atoms. The Morgan fingerprint density at radius 1 is 1.23 bits per heavy atom. The van der Waals surface area contributed by atoms with Crippen LogP contribution >= 0.6 is 0 Å². The van der Waals surface area contributed by atoms with Gasteiger partial charge in [0, 0.05) is 50.4 Å². The van der Waals surface area contributed by atoms with Crippen molar-refractivity contribution in [1.29, 1.82) is 5.26 Å². The Morgan fingerprint density at radius 2 is 2.08 bits per heavy atom. The van der Waals surface area contributed by atoms with E-state index in [9.17, 15) is 19.2 Å².